The first-order valence-corrected chi connectivity index (χ1v) is 6.37. The van der Waals surface area contributed by atoms with Gasteiger partial charge in [0.15, 0.2) is 0 Å². The predicted octanol–water partition coefficient (Wildman–Crippen LogP) is 0.311. The molecule has 0 saturated carbocycles. The molecule has 0 aromatic rings. The summed E-state index contributed by atoms with van der Waals surface area (Å²) in [4.78, 5) is 0. The molecular weight excluding hydrogens is 234 g/mol. The van der Waals surface area contributed by atoms with Crippen LogP contribution >= 0.6 is 0 Å². The van der Waals surface area contributed by atoms with Crippen LogP contribution in [-0.2, 0) is 0 Å². The smallest absolute Gasteiger partial charge is 0.140 e. The molecule has 1 aliphatic heterocycles. The van der Waals surface area contributed by atoms with E-state index in [4.69, 9.17) is 0 Å². The first kappa shape index (κ1) is 15.8. The van der Waals surface area contributed by atoms with Crippen LogP contribution in [-0.4, -0.2) is 60.7 Å². The highest BCUT2D eigenvalue weighted by atomic mass is 16.4. The molecule has 0 bridgehead atoms. The van der Waals surface area contributed by atoms with E-state index in [1.165, 1.54) is 0 Å². The van der Waals surface area contributed by atoms with Crippen molar-refractivity contribution in [2.45, 2.75) is 65.1 Å². The fourth-order valence-corrected chi connectivity index (χ4v) is 2.29. The van der Waals surface area contributed by atoms with Gasteiger partial charge in [-0.1, -0.05) is 0 Å². The fraction of sp³-hybridized carbons (Fsp3) is 1.00. The third-order valence-corrected chi connectivity index (χ3v) is 2.95. The highest BCUT2D eigenvalue weighted by Gasteiger charge is 2.46. The molecule has 108 valence electrons. The Bertz CT molecular complexity index is 266. The number of hydrazine groups is 2. The molecule has 1 heterocycles. The largest absolute Gasteiger partial charge is 0.375 e. The zero-order chi connectivity index (χ0) is 14.4. The van der Waals surface area contributed by atoms with Crippen LogP contribution in [0, 0.1) is 0 Å². The van der Waals surface area contributed by atoms with Gasteiger partial charge in [-0.05, 0) is 48.0 Å². The average molecular weight is 261 g/mol. The maximum atomic E-state index is 10.3. The second-order valence-electron chi connectivity index (χ2n) is 6.37. The summed E-state index contributed by atoms with van der Waals surface area (Å²) in [6.45, 7) is 11.2. The van der Waals surface area contributed by atoms with E-state index in [1.54, 1.807) is 56.7 Å². The monoisotopic (exact) mass is 261 g/mol. The number of nitrogens with zero attached hydrogens (tertiary/aromatic N) is 3. The molecule has 3 N–H and O–H groups in total. The second kappa shape index (κ2) is 4.70. The first-order valence-electron chi connectivity index (χ1n) is 6.37. The third-order valence-electron chi connectivity index (χ3n) is 2.95. The molecule has 1 saturated heterocycles. The minimum atomic E-state index is -1.21. The van der Waals surface area contributed by atoms with E-state index in [-0.39, 0.29) is 0 Å². The number of hydrogen-bond donors (Lipinski definition) is 3. The van der Waals surface area contributed by atoms with Gasteiger partial charge < -0.3 is 15.3 Å². The Morgan fingerprint density at radius 2 is 1.00 bits per heavy atom. The summed E-state index contributed by atoms with van der Waals surface area (Å²) in [6, 6.07) is 0. The van der Waals surface area contributed by atoms with Crippen LogP contribution in [0.2, 0.25) is 0 Å². The van der Waals surface area contributed by atoms with Gasteiger partial charge in [0.1, 0.15) is 17.2 Å². The normalized spacial score (nSPS) is 22.5. The van der Waals surface area contributed by atoms with Crippen LogP contribution in [0.4, 0.5) is 0 Å². The molecule has 0 aromatic heterocycles. The van der Waals surface area contributed by atoms with Crippen molar-refractivity contribution in [3.05, 3.63) is 0 Å². The second-order valence-corrected chi connectivity index (χ2v) is 6.37. The van der Waals surface area contributed by atoms with Crippen LogP contribution in [0.25, 0.3) is 0 Å². The summed E-state index contributed by atoms with van der Waals surface area (Å²) in [5, 5.41) is 35.7. The summed E-state index contributed by atoms with van der Waals surface area (Å²) in [6.07, 6.45) is 0.806. The zero-order valence-corrected chi connectivity index (χ0v) is 12.3. The lowest BCUT2D eigenvalue weighted by molar-refractivity contribution is -0.403. The van der Waals surface area contributed by atoms with Crippen LogP contribution in [0.5, 0.6) is 0 Å². The fourth-order valence-electron chi connectivity index (χ4n) is 2.29. The summed E-state index contributed by atoms with van der Waals surface area (Å²) >= 11 is 0. The van der Waals surface area contributed by atoms with Crippen molar-refractivity contribution in [1.82, 2.24) is 15.1 Å². The average Bonchev–Trinajstić information content (AvgIpc) is 2.12. The van der Waals surface area contributed by atoms with E-state index < -0.39 is 17.2 Å². The molecule has 6 nitrogen and oxygen atoms in total. The van der Waals surface area contributed by atoms with Crippen LogP contribution in [0.1, 0.15) is 48.0 Å². The van der Waals surface area contributed by atoms with Crippen molar-refractivity contribution >= 4 is 0 Å². The molecular formula is C12H27N3O3. The van der Waals surface area contributed by atoms with E-state index in [1.807, 2.05) is 0 Å². The molecule has 0 aromatic carbocycles. The maximum absolute atomic E-state index is 10.3. The Balaban J connectivity index is 3.14. The first-order chi connectivity index (χ1) is 7.85. The van der Waals surface area contributed by atoms with Gasteiger partial charge in [-0.3, -0.25) is 0 Å². The highest BCUT2D eigenvalue weighted by molar-refractivity contribution is 4.81. The molecule has 0 spiro atoms. The molecule has 0 atom stereocenters. The number of rotatable bonds is 3. The lowest BCUT2D eigenvalue weighted by Gasteiger charge is -2.57. The van der Waals surface area contributed by atoms with Gasteiger partial charge in [0.2, 0.25) is 0 Å². The molecule has 0 radical (unpaired) electrons. The Hall–Kier alpha value is -0.240. The topological polar surface area (TPSA) is 70.4 Å². The molecule has 0 unspecified atom stereocenters. The third kappa shape index (κ3) is 3.40. The van der Waals surface area contributed by atoms with Gasteiger partial charge >= 0.3 is 0 Å². The molecule has 0 aliphatic carbocycles. The van der Waals surface area contributed by atoms with Crippen molar-refractivity contribution in [2.75, 3.05) is 13.1 Å². The molecule has 6 heteroatoms. The molecule has 0 amide bonds. The zero-order valence-electron chi connectivity index (χ0n) is 12.3. The Kier molecular flexibility index (Phi) is 4.13. The Morgan fingerprint density at radius 1 is 0.667 bits per heavy atom. The Morgan fingerprint density at radius 3 is 1.22 bits per heavy atom. The van der Waals surface area contributed by atoms with Gasteiger partial charge in [-0.25, -0.2) is 0 Å². The van der Waals surface area contributed by atoms with E-state index in [0.29, 0.717) is 13.1 Å². The lowest BCUT2D eigenvalue weighted by atomic mass is 10.2. The quantitative estimate of drug-likeness (QED) is 0.679. The van der Waals surface area contributed by atoms with E-state index in [9.17, 15) is 15.3 Å². The van der Waals surface area contributed by atoms with Gasteiger partial charge in [0.05, 0.1) is 0 Å². The summed E-state index contributed by atoms with van der Waals surface area (Å²) in [5.74, 6) is 0. The summed E-state index contributed by atoms with van der Waals surface area (Å²) in [7, 11) is 0. The van der Waals surface area contributed by atoms with Gasteiger partial charge in [-0.2, -0.15) is 10.0 Å². The van der Waals surface area contributed by atoms with Crippen molar-refractivity contribution in [2.24, 2.45) is 0 Å². The van der Waals surface area contributed by atoms with E-state index in [2.05, 4.69) is 0 Å². The van der Waals surface area contributed by atoms with Gasteiger partial charge in [0.25, 0.3) is 0 Å². The predicted molar refractivity (Wildman–Crippen MR) is 68.8 cm³/mol. The number of aliphatic hydroxyl groups is 3. The van der Waals surface area contributed by atoms with Gasteiger partial charge in [-0.15, -0.1) is 5.12 Å². The standard InChI is InChI=1S/C12H27N3O3/c1-10(2,16)13-8-7-9-14(11(3,4)17)15(13)12(5,6)18/h16-18H,7-9H2,1-6H3. The minimum absolute atomic E-state index is 0.625. The Labute approximate surface area is 109 Å². The van der Waals surface area contributed by atoms with Gasteiger partial charge in [0, 0.05) is 13.1 Å². The van der Waals surface area contributed by atoms with E-state index in [0.717, 1.165) is 6.42 Å². The molecule has 18 heavy (non-hydrogen) atoms. The van der Waals surface area contributed by atoms with Crippen molar-refractivity contribution in [1.29, 1.82) is 0 Å². The van der Waals surface area contributed by atoms with Crippen molar-refractivity contribution in [3.63, 3.8) is 0 Å². The molecule has 1 aliphatic rings. The van der Waals surface area contributed by atoms with Crippen LogP contribution in [0.3, 0.4) is 0 Å². The van der Waals surface area contributed by atoms with Crippen molar-refractivity contribution < 1.29 is 15.3 Å². The maximum Gasteiger partial charge on any atom is 0.140 e. The van der Waals surface area contributed by atoms with Crippen molar-refractivity contribution in [3.8, 4) is 0 Å². The summed E-state index contributed by atoms with van der Waals surface area (Å²) in [5.41, 5.74) is -3.42. The summed E-state index contributed by atoms with van der Waals surface area (Å²) < 4.78 is 0. The van der Waals surface area contributed by atoms with E-state index >= 15 is 0 Å². The lowest BCUT2D eigenvalue weighted by Crippen LogP contribution is -2.73. The van der Waals surface area contributed by atoms with Crippen LogP contribution < -0.4 is 0 Å². The molecule has 1 fully saturated rings. The number of hydrogen-bond acceptors (Lipinski definition) is 6. The van der Waals surface area contributed by atoms with Crippen LogP contribution in [0.15, 0.2) is 0 Å². The SMILES string of the molecule is CC(C)(O)N1CCCN(C(C)(C)O)N1C(C)(C)O. The minimum Gasteiger partial charge on any atom is -0.375 e. The molecule has 1 rings (SSSR count). The highest BCUT2D eigenvalue weighted by Crippen LogP contribution is 2.31.